The highest BCUT2D eigenvalue weighted by atomic mass is 79.9. The lowest BCUT2D eigenvalue weighted by Crippen LogP contribution is -2.13. The van der Waals surface area contributed by atoms with E-state index in [9.17, 15) is 9.59 Å². The zero-order valence-electron chi connectivity index (χ0n) is 11.3. The number of amides is 1. The van der Waals surface area contributed by atoms with Crippen LogP contribution in [0.2, 0.25) is 0 Å². The number of nitrogens with one attached hydrogen (secondary N) is 1. The van der Waals surface area contributed by atoms with Crippen molar-refractivity contribution in [3.63, 3.8) is 0 Å². The van der Waals surface area contributed by atoms with Gasteiger partial charge in [0.25, 0.3) is 0 Å². The first-order valence-corrected chi connectivity index (χ1v) is 7.30. The van der Waals surface area contributed by atoms with Crippen LogP contribution in [-0.4, -0.2) is 21.7 Å². The number of ketones is 1. The standard InChI is InChI=1S/C15H14BrN3O2/c16-12-7-5-11(6-8-12)13(20)3-1-4-14(21)19-15-17-9-2-10-18-15/h2,5-10H,1,3-4H2,(H,17,18,19,21). The zero-order chi connectivity index (χ0) is 15.1. The number of anilines is 1. The van der Waals surface area contributed by atoms with Gasteiger partial charge in [-0.2, -0.15) is 0 Å². The minimum atomic E-state index is -0.190. The van der Waals surface area contributed by atoms with Crippen molar-refractivity contribution >= 4 is 33.6 Å². The van der Waals surface area contributed by atoms with Crippen molar-refractivity contribution in [1.29, 1.82) is 0 Å². The van der Waals surface area contributed by atoms with Crippen LogP contribution >= 0.6 is 15.9 Å². The normalized spacial score (nSPS) is 10.1. The molecule has 1 N–H and O–H groups in total. The molecule has 0 aliphatic heterocycles. The van der Waals surface area contributed by atoms with Crippen LogP contribution < -0.4 is 5.32 Å². The number of hydrogen-bond acceptors (Lipinski definition) is 4. The average molecular weight is 348 g/mol. The number of rotatable bonds is 6. The Morgan fingerprint density at radius 3 is 2.38 bits per heavy atom. The third kappa shape index (κ3) is 5.07. The van der Waals surface area contributed by atoms with Gasteiger partial charge in [0.2, 0.25) is 11.9 Å². The van der Waals surface area contributed by atoms with E-state index in [1.54, 1.807) is 30.6 Å². The van der Waals surface area contributed by atoms with Crippen molar-refractivity contribution in [3.8, 4) is 0 Å². The summed E-state index contributed by atoms with van der Waals surface area (Å²) in [6, 6.07) is 8.86. The number of halogens is 1. The molecule has 5 nitrogen and oxygen atoms in total. The van der Waals surface area contributed by atoms with E-state index in [2.05, 4.69) is 31.2 Å². The van der Waals surface area contributed by atoms with Gasteiger partial charge in [-0.05, 0) is 24.6 Å². The van der Waals surface area contributed by atoms with Crippen LogP contribution in [0.1, 0.15) is 29.6 Å². The van der Waals surface area contributed by atoms with Gasteiger partial charge in [0.1, 0.15) is 0 Å². The molecule has 1 aromatic carbocycles. The second-order valence-corrected chi connectivity index (χ2v) is 5.32. The molecule has 0 atom stereocenters. The minimum Gasteiger partial charge on any atom is -0.295 e. The third-order valence-corrected chi connectivity index (χ3v) is 3.32. The Morgan fingerprint density at radius 2 is 1.71 bits per heavy atom. The molecule has 0 spiro atoms. The van der Waals surface area contributed by atoms with Gasteiger partial charge in [0, 0.05) is 35.3 Å². The minimum absolute atomic E-state index is 0.0336. The van der Waals surface area contributed by atoms with Crippen molar-refractivity contribution < 1.29 is 9.59 Å². The number of nitrogens with zero attached hydrogens (tertiary/aromatic N) is 2. The number of carbonyl (C=O) groups is 2. The fraction of sp³-hybridized carbons (Fsp3) is 0.200. The van der Waals surface area contributed by atoms with Crippen molar-refractivity contribution in [1.82, 2.24) is 9.97 Å². The molecular formula is C15H14BrN3O2. The SMILES string of the molecule is O=C(CCCC(=O)c1ccc(Br)cc1)Nc1ncccn1. The predicted molar refractivity (Wildman–Crippen MR) is 83.0 cm³/mol. The van der Waals surface area contributed by atoms with Crippen LogP contribution in [0.15, 0.2) is 47.2 Å². The summed E-state index contributed by atoms with van der Waals surface area (Å²) in [5.74, 6) is 0.123. The molecule has 0 fully saturated rings. The molecule has 0 saturated heterocycles. The van der Waals surface area contributed by atoms with E-state index in [1.807, 2.05) is 12.1 Å². The van der Waals surface area contributed by atoms with E-state index in [0.717, 1.165) is 4.47 Å². The van der Waals surface area contributed by atoms with E-state index in [4.69, 9.17) is 0 Å². The summed E-state index contributed by atoms with van der Waals surface area (Å²) in [7, 11) is 0. The van der Waals surface area contributed by atoms with E-state index in [-0.39, 0.29) is 24.1 Å². The average Bonchev–Trinajstić information content (AvgIpc) is 2.49. The first-order chi connectivity index (χ1) is 10.1. The molecule has 0 bridgehead atoms. The second kappa shape index (κ2) is 7.64. The fourth-order valence-electron chi connectivity index (χ4n) is 1.74. The number of aromatic nitrogens is 2. The van der Waals surface area contributed by atoms with Crippen molar-refractivity contribution in [2.45, 2.75) is 19.3 Å². The van der Waals surface area contributed by atoms with Crippen LogP contribution in [0.3, 0.4) is 0 Å². The first kappa shape index (κ1) is 15.3. The monoisotopic (exact) mass is 347 g/mol. The van der Waals surface area contributed by atoms with E-state index in [0.29, 0.717) is 18.4 Å². The quantitative estimate of drug-likeness (QED) is 0.814. The molecule has 1 amide bonds. The summed E-state index contributed by atoms with van der Waals surface area (Å²) in [5, 5.41) is 2.58. The maximum atomic E-state index is 11.9. The molecule has 0 unspecified atom stereocenters. The summed E-state index contributed by atoms with van der Waals surface area (Å²) < 4.78 is 0.932. The second-order valence-electron chi connectivity index (χ2n) is 4.40. The molecule has 0 radical (unpaired) electrons. The van der Waals surface area contributed by atoms with Gasteiger partial charge in [-0.1, -0.05) is 28.1 Å². The predicted octanol–water partition coefficient (Wildman–Crippen LogP) is 3.23. The van der Waals surface area contributed by atoms with Gasteiger partial charge >= 0.3 is 0 Å². The lowest BCUT2D eigenvalue weighted by atomic mass is 10.1. The Bertz CT molecular complexity index is 615. The number of Topliss-reactive ketones (excluding diaryl/α,β-unsaturated/α-hetero) is 1. The number of carbonyl (C=O) groups excluding carboxylic acids is 2. The molecule has 21 heavy (non-hydrogen) atoms. The molecule has 2 rings (SSSR count). The lowest BCUT2D eigenvalue weighted by molar-refractivity contribution is -0.116. The Morgan fingerprint density at radius 1 is 1.05 bits per heavy atom. The molecule has 1 heterocycles. The van der Waals surface area contributed by atoms with E-state index >= 15 is 0 Å². The zero-order valence-corrected chi connectivity index (χ0v) is 12.8. The first-order valence-electron chi connectivity index (χ1n) is 6.51. The summed E-state index contributed by atoms with van der Waals surface area (Å²) in [5.41, 5.74) is 0.657. The molecule has 0 saturated carbocycles. The van der Waals surface area contributed by atoms with Gasteiger partial charge in [0.05, 0.1) is 0 Å². The molecule has 0 aliphatic rings. The van der Waals surface area contributed by atoms with Gasteiger partial charge in [0.15, 0.2) is 5.78 Å². The Labute approximate surface area is 130 Å². The molecule has 0 aliphatic carbocycles. The van der Waals surface area contributed by atoms with Gasteiger partial charge in [-0.3, -0.25) is 14.9 Å². The smallest absolute Gasteiger partial charge is 0.229 e. The van der Waals surface area contributed by atoms with Crippen LogP contribution in [0.4, 0.5) is 5.95 Å². The van der Waals surface area contributed by atoms with Crippen LogP contribution in [0.5, 0.6) is 0 Å². The van der Waals surface area contributed by atoms with Crippen molar-refractivity contribution in [2.75, 3.05) is 5.32 Å². The number of hydrogen-bond donors (Lipinski definition) is 1. The highest BCUT2D eigenvalue weighted by molar-refractivity contribution is 9.10. The molecule has 2 aromatic rings. The fourth-order valence-corrected chi connectivity index (χ4v) is 2.00. The number of benzene rings is 1. The highest BCUT2D eigenvalue weighted by Crippen LogP contribution is 2.13. The highest BCUT2D eigenvalue weighted by Gasteiger charge is 2.08. The van der Waals surface area contributed by atoms with Gasteiger partial charge < -0.3 is 0 Å². The van der Waals surface area contributed by atoms with E-state index in [1.165, 1.54) is 0 Å². The van der Waals surface area contributed by atoms with Crippen LogP contribution in [-0.2, 0) is 4.79 Å². The molecule has 6 heteroatoms. The van der Waals surface area contributed by atoms with Crippen LogP contribution in [0.25, 0.3) is 0 Å². The molecular weight excluding hydrogens is 334 g/mol. The Kier molecular flexibility index (Phi) is 5.57. The maximum absolute atomic E-state index is 11.9. The summed E-state index contributed by atoms with van der Waals surface area (Å²) in [6.07, 6.45) is 4.21. The maximum Gasteiger partial charge on any atom is 0.229 e. The van der Waals surface area contributed by atoms with Crippen molar-refractivity contribution in [2.24, 2.45) is 0 Å². The Balaban J connectivity index is 1.75. The summed E-state index contributed by atoms with van der Waals surface area (Å²) in [4.78, 5) is 31.4. The summed E-state index contributed by atoms with van der Waals surface area (Å²) >= 11 is 3.32. The Hall–Kier alpha value is -2.08. The van der Waals surface area contributed by atoms with Crippen molar-refractivity contribution in [3.05, 3.63) is 52.8 Å². The van der Waals surface area contributed by atoms with Crippen LogP contribution in [0, 0.1) is 0 Å². The van der Waals surface area contributed by atoms with E-state index < -0.39 is 0 Å². The van der Waals surface area contributed by atoms with Gasteiger partial charge in [-0.25, -0.2) is 9.97 Å². The summed E-state index contributed by atoms with van der Waals surface area (Å²) in [6.45, 7) is 0. The molecule has 108 valence electrons. The largest absolute Gasteiger partial charge is 0.295 e. The molecule has 1 aromatic heterocycles. The van der Waals surface area contributed by atoms with Gasteiger partial charge in [-0.15, -0.1) is 0 Å². The third-order valence-electron chi connectivity index (χ3n) is 2.79. The topological polar surface area (TPSA) is 72.0 Å². The lowest BCUT2D eigenvalue weighted by Gasteiger charge is -2.03.